The van der Waals surface area contributed by atoms with E-state index in [9.17, 15) is 9.59 Å². The second-order valence-electron chi connectivity index (χ2n) is 7.74. The average molecular weight is 497 g/mol. The van der Waals surface area contributed by atoms with Gasteiger partial charge >= 0.3 is 12.0 Å². The highest BCUT2D eigenvalue weighted by atomic mass is 35.5. The third-order valence-corrected chi connectivity index (χ3v) is 6.04. The Labute approximate surface area is 207 Å². The van der Waals surface area contributed by atoms with Gasteiger partial charge in [-0.05, 0) is 47.9 Å². The number of esters is 1. The van der Waals surface area contributed by atoms with Gasteiger partial charge in [-0.3, -0.25) is 0 Å². The Kier molecular flexibility index (Phi) is 7.40. The van der Waals surface area contributed by atoms with Gasteiger partial charge in [0.25, 0.3) is 0 Å². The summed E-state index contributed by atoms with van der Waals surface area (Å²) >= 11 is 12.0. The highest BCUT2D eigenvalue weighted by Crippen LogP contribution is 2.29. The molecule has 2 N–H and O–H groups in total. The van der Waals surface area contributed by atoms with E-state index in [2.05, 4.69) is 10.6 Å². The molecule has 0 aromatic heterocycles. The molecule has 0 aliphatic carbocycles. The van der Waals surface area contributed by atoms with Crippen molar-refractivity contribution < 1.29 is 19.1 Å². The Morgan fingerprint density at radius 3 is 2.35 bits per heavy atom. The Balaban J connectivity index is 1.46. The molecular formula is C26H22Cl2N2O4. The van der Waals surface area contributed by atoms with E-state index in [-0.39, 0.29) is 12.6 Å². The van der Waals surface area contributed by atoms with E-state index in [1.165, 1.54) is 0 Å². The largest absolute Gasteiger partial charge is 0.489 e. The van der Waals surface area contributed by atoms with Crippen LogP contribution in [0.1, 0.15) is 29.7 Å². The number of carbonyl (C=O) groups excluding carboxylic acids is 2. The lowest BCUT2D eigenvalue weighted by molar-refractivity contribution is -0.140. The molecule has 6 nitrogen and oxygen atoms in total. The Morgan fingerprint density at radius 1 is 0.912 bits per heavy atom. The topological polar surface area (TPSA) is 76.7 Å². The summed E-state index contributed by atoms with van der Waals surface area (Å²) in [5.41, 5.74) is 3.28. The quantitative estimate of drug-likeness (QED) is 0.396. The lowest BCUT2D eigenvalue weighted by atomic mass is 9.95. The summed E-state index contributed by atoms with van der Waals surface area (Å²) in [4.78, 5) is 25.1. The van der Waals surface area contributed by atoms with Crippen LogP contribution in [0, 0.1) is 0 Å². The lowest BCUT2D eigenvalue weighted by Gasteiger charge is -2.28. The van der Waals surface area contributed by atoms with E-state index < -0.39 is 12.0 Å². The van der Waals surface area contributed by atoms with E-state index in [1.807, 2.05) is 36.4 Å². The minimum atomic E-state index is -0.652. The number of carbonyl (C=O) groups is 2. The normalized spacial score (nSPS) is 15.4. The van der Waals surface area contributed by atoms with Crippen LogP contribution in [0.2, 0.25) is 10.0 Å². The standard InChI is InChI=1S/C26H22Cl2N2O4/c1-16-23(25(31)34-14-17-5-3-2-4-6-17)24(30-26(32)29-16)19-8-10-20(11-9-19)33-15-18-7-12-21(27)22(28)13-18/h2-13,24H,14-15H2,1H3,(H2,29,30,32). The molecule has 0 spiro atoms. The van der Waals surface area contributed by atoms with Crippen LogP contribution in [0.25, 0.3) is 0 Å². The summed E-state index contributed by atoms with van der Waals surface area (Å²) in [7, 11) is 0. The van der Waals surface area contributed by atoms with Gasteiger partial charge in [0.2, 0.25) is 0 Å². The van der Waals surface area contributed by atoms with Crippen LogP contribution in [0.5, 0.6) is 5.75 Å². The summed E-state index contributed by atoms with van der Waals surface area (Å²) in [5.74, 6) is 0.128. The second-order valence-corrected chi connectivity index (χ2v) is 8.55. The molecule has 1 unspecified atom stereocenters. The molecule has 3 aromatic carbocycles. The molecule has 0 radical (unpaired) electrons. The summed E-state index contributed by atoms with van der Waals surface area (Å²) in [6.45, 7) is 2.13. The van der Waals surface area contributed by atoms with E-state index >= 15 is 0 Å². The number of benzene rings is 3. The minimum absolute atomic E-state index is 0.138. The molecule has 4 rings (SSSR count). The van der Waals surface area contributed by atoms with Gasteiger partial charge in [0.15, 0.2) is 0 Å². The van der Waals surface area contributed by atoms with Crippen molar-refractivity contribution in [1.29, 1.82) is 0 Å². The number of nitrogens with one attached hydrogen (secondary N) is 2. The maximum atomic E-state index is 12.9. The fourth-order valence-corrected chi connectivity index (χ4v) is 3.89. The van der Waals surface area contributed by atoms with Crippen molar-refractivity contribution in [3.05, 3.63) is 111 Å². The van der Waals surface area contributed by atoms with Crippen LogP contribution in [0.3, 0.4) is 0 Å². The molecule has 0 bridgehead atoms. The second kappa shape index (κ2) is 10.6. The van der Waals surface area contributed by atoms with Crippen molar-refractivity contribution in [1.82, 2.24) is 10.6 Å². The summed E-state index contributed by atoms with van der Waals surface area (Å²) in [6, 6.07) is 20.9. The summed E-state index contributed by atoms with van der Waals surface area (Å²) < 4.78 is 11.3. The number of hydrogen-bond donors (Lipinski definition) is 2. The first-order valence-electron chi connectivity index (χ1n) is 10.6. The molecule has 1 heterocycles. The minimum Gasteiger partial charge on any atom is -0.489 e. The van der Waals surface area contributed by atoms with Gasteiger partial charge in [-0.15, -0.1) is 0 Å². The SMILES string of the molecule is CC1=C(C(=O)OCc2ccccc2)C(c2ccc(OCc3ccc(Cl)c(Cl)c3)cc2)NC(=O)N1. The zero-order chi connectivity index (χ0) is 24.1. The summed E-state index contributed by atoms with van der Waals surface area (Å²) in [5, 5.41) is 6.41. The van der Waals surface area contributed by atoms with Crippen molar-refractivity contribution in [3.63, 3.8) is 0 Å². The predicted octanol–water partition coefficient (Wildman–Crippen LogP) is 5.94. The zero-order valence-corrected chi connectivity index (χ0v) is 19.8. The Bertz CT molecular complexity index is 1230. The molecule has 1 atom stereocenters. The first kappa shape index (κ1) is 23.7. The van der Waals surface area contributed by atoms with Gasteiger partial charge in [-0.2, -0.15) is 0 Å². The summed E-state index contributed by atoms with van der Waals surface area (Å²) in [6.07, 6.45) is 0. The molecule has 1 aliphatic heterocycles. The molecule has 3 aromatic rings. The highest BCUT2D eigenvalue weighted by Gasteiger charge is 2.32. The van der Waals surface area contributed by atoms with Gasteiger partial charge in [0.1, 0.15) is 19.0 Å². The maximum Gasteiger partial charge on any atom is 0.338 e. The van der Waals surface area contributed by atoms with E-state index in [0.717, 1.165) is 16.7 Å². The van der Waals surface area contributed by atoms with Crippen molar-refractivity contribution in [2.24, 2.45) is 0 Å². The Hall–Kier alpha value is -3.48. The monoisotopic (exact) mass is 496 g/mol. The van der Waals surface area contributed by atoms with Gasteiger partial charge in [0, 0.05) is 5.70 Å². The van der Waals surface area contributed by atoms with Crippen LogP contribution in [-0.2, 0) is 22.7 Å². The number of allylic oxidation sites excluding steroid dienone is 1. The maximum absolute atomic E-state index is 12.9. The fraction of sp³-hybridized carbons (Fsp3) is 0.154. The van der Waals surface area contributed by atoms with Gasteiger partial charge < -0.3 is 20.1 Å². The molecule has 34 heavy (non-hydrogen) atoms. The number of amides is 2. The average Bonchev–Trinajstić information content (AvgIpc) is 2.84. The van der Waals surface area contributed by atoms with Crippen molar-refractivity contribution in [2.75, 3.05) is 0 Å². The molecule has 0 saturated carbocycles. The van der Waals surface area contributed by atoms with Crippen molar-refractivity contribution >= 4 is 35.2 Å². The first-order valence-corrected chi connectivity index (χ1v) is 11.3. The molecule has 0 fully saturated rings. The predicted molar refractivity (Wildman–Crippen MR) is 131 cm³/mol. The van der Waals surface area contributed by atoms with E-state index in [4.69, 9.17) is 32.7 Å². The third-order valence-electron chi connectivity index (χ3n) is 5.30. The number of ether oxygens (including phenoxy) is 2. The molecule has 2 amide bonds. The fourth-order valence-electron chi connectivity index (χ4n) is 3.57. The third kappa shape index (κ3) is 5.71. The zero-order valence-electron chi connectivity index (χ0n) is 18.3. The van der Waals surface area contributed by atoms with Gasteiger partial charge in [0.05, 0.1) is 21.7 Å². The number of rotatable bonds is 7. The van der Waals surface area contributed by atoms with Crippen LogP contribution < -0.4 is 15.4 Å². The van der Waals surface area contributed by atoms with Gasteiger partial charge in [-0.25, -0.2) is 9.59 Å². The molecule has 1 aliphatic rings. The Morgan fingerprint density at radius 2 is 1.65 bits per heavy atom. The molecule has 8 heteroatoms. The molecule has 174 valence electrons. The van der Waals surface area contributed by atoms with Crippen molar-refractivity contribution in [3.8, 4) is 5.75 Å². The van der Waals surface area contributed by atoms with E-state index in [1.54, 1.807) is 43.3 Å². The molecular weight excluding hydrogens is 475 g/mol. The van der Waals surface area contributed by atoms with Crippen LogP contribution in [-0.4, -0.2) is 12.0 Å². The lowest BCUT2D eigenvalue weighted by Crippen LogP contribution is -2.45. The van der Waals surface area contributed by atoms with Crippen molar-refractivity contribution in [2.45, 2.75) is 26.2 Å². The van der Waals surface area contributed by atoms with Crippen LogP contribution >= 0.6 is 23.2 Å². The van der Waals surface area contributed by atoms with Crippen LogP contribution in [0.15, 0.2) is 84.1 Å². The van der Waals surface area contributed by atoms with Gasteiger partial charge in [-0.1, -0.05) is 71.7 Å². The van der Waals surface area contributed by atoms with Crippen LogP contribution in [0.4, 0.5) is 4.79 Å². The molecule has 0 saturated heterocycles. The van der Waals surface area contributed by atoms with E-state index in [0.29, 0.717) is 33.7 Å². The smallest absolute Gasteiger partial charge is 0.338 e. The first-order chi connectivity index (χ1) is 16.4. The number of halogens is 2. The number of hydrogen-bond acceptors (Lipinski definition) is 4. The highest BCUT2D eigenvalue weighted by molar-refractivity contribution is 6.42. The number of urea groups is 1.